The highest BCUT2D eigenvalue weighted by Gasteiger charge is 2.23. The summed E-state index contributed by atoms with van der Waals surface area (Å²) in [6.45, 7) is 7.99. The molecule has 2 aromatic rings. The summed E-state index contributed by atoms with van der Waals surface area (Å²) in [6, 6.07) is 4.01. The van der Waals surface area contributed by atoms with E-state index in [1.807, 2.05) is 37.6 Å². The summed E-state index contributed by atoms with van der Waals surface area (Å²) in [4.78, 5) is 26.2. The van der Waals surface area contributed by atoms with Crippen molar-refractivity contribution in [1.29, 1.82) is 0 Å². The van der Waals surface area contributed by atoms with Crippen LogP contribution in [0.4, 0.5) is 5.69 Å². The van der Waals surface area contributed by atoms with Crippen LogP contribution in [0.1, 0.15) is 66.5 Å². The maximum absolute atomic E-state index is 13.3. The van der Waals surface area contributed by atoms with E-state index in [1.165, 1.54) is 0 Å². The highest BCUT2D eigenvalue weighted by Crippen LogP contribution is 2.28. The van der Waals surface area contributed by atoms with Crippen LogP contribution >= 0.6 is 27.5 Å². The van der Waals surface area contributed by atoms with Crippen molar-refractivity contribution in [3.63, 3.8) is 0 Å². The van der Waals surface area contributed by atoms with Gasteiger partial charge in [0.2, 0.25) is 5.43 Å². The first-order chi connectivity index (χ1) is 13.3. The average molecular weight is 468 g/mol. The smallest absolute Gasteiger partial charge is 0.261 e. The standard InChI is InChI=1S/C22H28BrClN2O2/c1-6-9-10-17-18(21(27)19(24)13(4)26(17)5)22(28)25-20-14(7-2)11-16(23)12-15(20)8-3/h11-12H,6-10H2,1-5H3,(H,25,28). The number of hydrogen-bond acceptors (Lipinski definition) is 2. The molecule has 1 aromatic heterocycles. The van der Waals surface area contributed by atoms with Gasteiger partial charge in [-0.1, -0.05) is 54.7 Å². The van der Waals surface area contributed by atoms with Crippen LogP contribution in [0.25, 0.3) is 0 Å². The van der Waals surface area contributed by atoms with Crippen LogP contribution < -0.4 is 10.7 Å². The lowest BCUT2D eigenvalue weighted by Gasteiger charge is -2.19. The maximum atomic E-state index is 13.3. The number of pyridine rings is 1. The molecule has 0 aliphatic heterocycles. The third-order valence-corrected chi connectivity index (χ3v) is 6.10. The Bertz CT molecular complexity index is 926. The van der Waals surface area contributed by atoms with Crippen LogP contribution in [-0.4, -0.2) is 10.5 Å². The molecule has 1 N–H and O–H groups in total. The van der Waals surface area contributed by atoms with Gasteiger partial charge in [-0.2, -0.15) is 0 Å². The summed E-state index contributed by atoms with van der Waals surface area (Å²) >= 11 is 9.79. The van der Waals surface area contributed by atoms with Gasteiger partial charge in [0.05, 0.1) is 0 Å². The first kappa shape index (κ1) is 22.7. The number of carbonyl (C=O) groups is 1. The number of hydrogen-bond donors (Lipinski definition) is 1. The summed E-state index contributed by atoms with van der Waals surface area (Å²) in [5.41, 5.74) is 4.03. The minimum absolute atomic E-state index is 0.107. The van der Waals surface area contributed by atoms with Crippen molar-refractivity contribution >= 4 is 39.1 Å². The third-order valence-electron chi connectivity index (χ3n) is 5.20. The van der Waals surface area contributed by atoms with Crippen LogP contribution in [0, 0.1) is 6.92 Å². The lowest BCUT2D eigenvalue weighted by atomic mass is 10.0. The molecule has 0 atom stereocenters. The van der Waals surface area contributed by atoms with Crippen molar-refractivity contribution in [3.8, 4) is 0 Å². The number of anilines is 1. The fourth-order valence-electron chi connectivity index (χ4n) is 3.41. The number of aryl methyl sites for hydroxylation is 2. The Morgan fingerprint density at radius 2 is 1.75 bits per heavy atom. The van der Waals surface area contributed by atoms with Gasteiger partial charge in [0, 0.05) is 28.6 Å². The minimum atomic E-state index is -0.394. The molecular formula is C22H28BrClN2O2. The number of rotatable bonds is 7. The zero-order valence-corrected chi connectivity index (χ0v) is 19.6. The summed E-state index contributed by atoms with van der Waals surface area (Å²) in [5, 5.41) is 3.13. The van der Waals surface area contributed by atoms with E-state index in [9.17, 15) is 9.59 Å². The largest absolute Gasteiger partial charge is 0.349 e. The number of benzene rings is 1. The van der Waals surface area contributed by atoms with Gasteiger partial charge in [-0.25, -0.2) is 0 Å². The molecule has 2 rings (SSSR count). The molecule has 6 heteroatoms. The first-order valence-electron chi connectivity index (χ1n) is 9.77. The fraction of sp³-hybridized carbons (Fsp3) is 0.455. The highest BCUT2D eigenvalue weighted by molar-refractivity contribution is 9.10. The first-order valence-corrected chi connectivity index (χ1v) is 10.9. The molecule has 0 aliphatic rings. The van der Waals surface area contributed by atoms with Crippen LogP contribution in [0.5, 0.6) is 0 Å². The van der Waals surface area contributed by atoms with Gasteiger partial charge in [0.15, 0.2) is 0 Å². The Kier molecular flexibility index (Phi) is 7.90. The van der Waals surface area contributed by atoms with Crippen LogP contribution in [0.2, 0.25) is 5.02 Å². The minimum Gasteiger partial charge on any atom is -0.349 e. The van der Waals surface area contributed by atoms with E-state index in [-0.39, 0.29) is 16.5 Å². The number of halogens is 2. The predicted molar refractivity (Wildman–Crippen MR) is 121 cm³/mol. The molecule has 0 radical (unpaired) electrons. The number of unbranched alkanes of at least 4 members (excludes halogenated alkanes) is 1. The van der Waals surface area contributed by atoms with E-state index in [0.29, 0.717) is 12.1 Å². The summed E-state index contributed by atoms with van der Waals surface area (Å²) < 4.78 is 2.86. The monoisotopic (exact) mass is 466 g/mol. The van der Waals surface area contributed by atoms with E-state index in [2.05, 4.69) is 28.2 Å². The number of nitrogens with zero attached hydrogens (tertiary/aromatic N) is 1. The van der Waals surface area contributed by atoms with Crippen molar-refractivity contribution in [1.82, 2.24) is 4.57 Å². The SMILES string of the molecule is CCCCc1c(C(=O)Nc2c(CC)cc(Br)cc2CC)c(=O)c(Cl)c(C)n1C. The lowest BCUT2D eigenvalue weighted by Crippen LogP contribution is -2.29. The second-order valence-corrected chi connectivity index (χ2v) is 8.27. The molecule has 4 nitrogen and oxygen atoms in total. The van der Waals surface area contributed by atoms with Crippen LogP contribution in [0.3, 0.4) is 0 Å². The summed E-state index contributed by atoms with van der Waals surface area (Å²) in [5.74, 6) is -0.389. The fourth-order valence-corrected chi connectivity index (χ4v) is 4.19. The Hall–Kier alpha value is -1.59. The van der Waals surface area contributed by atoms with Crippen molar-refractivity contribution in [2.75, 3.05) is 5.32 Å². The van der Waals surface area contributed by atoms with Gasteiger partial charge in [-0.15, -0.1) is 0 Å². The predicted octanol–water partition coefficient (Wildman–Crippen LogP) is 5.83. The zero-order valence-electron chi connectivity index (χ0n) is 17.2. The molecule has 0 aliphatic carbocycles. The second-order valence-electron chi connectivity index (χ2n) is 6.97. The normalized spacial score (nSPS) is 11.0. The molecule has 28 heavy (non-hydrogen) atoms. The molecule has 0 bridgehead atoms. The molecule has 152 valence electrons. The average Bonchev–Trinajstić information content (AvgIpc) is 2.68. The van der Waals surface area contributed by atoms with E-state index in [1.54, 1.807) is 6.92 Å². The zero-order chi connectivity index (χ0) is 21.0. The van der Waals surface area contributed by atoms with Gasteiger partial charge in [-0.05, 0) is 55.9 Å². The summed E-state index contributed by atoms with van der Waals surface area (Å²) in [6.07, 6.45) is 4.08. The Balaban J connectivity index is 2.61. The van der Waals surface area contributed by atoms with Crippen molar-refractivity contribution in [2.45, 2.75) is 59.8 Å². The number of aromatic nitrogens is 1. The molecule has 0 fully saturated rings. The Morgan fingerprint density at radius 1 is 1.18 bits per heavy atom. The molecule has 0 spiro atoms. The molecule has 1 amide bonds. The Labute approximate surface area is 180 Å². The number of carbonyl (C=O) groups excluding carboxylic acids is 1. The van der Waals surface area contributed by atoms with Crippen molar-refractivity contribution in [2.24, 2.45) is 7.05 Å². The van der Waals surface area contributed by atoms with Gasteiger partial charge in [-0.3, -0.25) is 9.59 Å². The van der Waals surface area contributed by atoms with Crippen molar-refractivity contribution < 1.29 is 4.79 Å². The molecule has 0 saturated heterocycles. The second kappa shape index (κ2) is 9.75. The molecular weight excluding hydrogens is 440 g/mol. The van der Waals surface area contributed by atoms with E-state index < -0.39 is 5.43 Å². The Morgan fingerprint density at radius 3 is 2.25 bits per heavy atom. The van der Waals surface area contributed by atoms with E-state index in [4.69, 9.17) is 11.6 Å². The lowest BCUT2D eigenvalue weighted by molar-refractivity contribution is 0.102. The summed E-state index contributed by atoms with van der Waals surface area (Å²) in [7, 11) is 1.86. The number of nitrogens with one attached hydrogen (secondary N) is 1. The quantitative estimate of drug-likeness (QED) is 0.557. The van der Waals surface area contributed by atoms with Gasteiger partial charge < -0.3 is 9.88 Å². The van der Waals surface area contributed by atoms with Gasteiger partial charge >= 0.3 is 0 Å². The highest BCUT2D eigenvalue weighted by atomic mass is 79.9. The van der Waals surface area contributed by atoms with E-state index >= 15 is 0 Å². The van der Waals surface area contributed by atoms with Gasteiger partial charge in [0.25, 0.3) is 5.91 Å². The molecule has 0 saturated carbocycles. The molecule has 1 heterocycles. The molecule has 1 aromatic carbocycles. The molecule has 0 unspecified atom stereocenters. The van der Waals surface area contributed by atoms with Crippen LogP contribution in [-0.2, 0) is 26.3 Å². The topological polar surface area (TPSA) is 51.1 Å². The van der Waals surface area contributed by atoms with E-state index in [0.717, 1.165) is 52.7 Å². The number of amides is 1. The van der Waals surface area contributed by atoms with Crippen LogP contribution in [0.15, 0.2) is 21.4 Å². The van der Waals surface area contributed by atoms with Crippen molar-refractivity contribution in [3.05, 3.63) is 59.9 Å². The third kappa shape index (κ3) is 4.52. The maximum Gasteiger partial charge on any atom is 0.261 e. The van der Waals surface area contributed by atoms with Gasteiger partial charge in [0.1, 0.15) is 10.6 Å².